The molecular weight excluding hydrogens is 639 g/mol. The van der Waals surface area contributed by atoms with Crippen molar-refractivity contribution in [3.63, 3.8) is 0 Å². The summed E-state index contributed by atoms with van der Waals surface area (Å²) in [5, 5.41) is 2.01. The van der Waals surface area contributed by atoms with Crippen LogP contribution in [0.5, 0.6) is 5.75 Å². The standard InChI is InChI=1S/C25H33ClF6NO5PS2/c1-40(2,3)11-9-36-39(35,37-10-12-41(4,5)6)38-22-8-7-19(26)16-21(22)23(34)33-20-14-17(24(27,28)29)13-18(15-20)25(30,31)32/h7-8,13-16H,9-12H2,1-6H3,(H,33,34). The summed E-state index contributed by atoms with van der Waals surface area (Å²) in [6, 6.07) is 4.19. The Labute approximate surface area is 243 Å². The minimum absolute atomic E-state index is 0.00754. The van der Waals surface area contributed by atoms with E-state index in [2.05, 4.69) is 0 Å². The SMILES string of the molecule is CS(C)(C)CCOP(=O)(OCCS(C)(C)C)Oc1ccc(Cl)cc1C(=O)Nc1cc(C(F)(F)F)cc(C(F)(F)F)c1. The smallest absolute Gasteiger partial charge is 0.403 e. The molecule has 1 N–H and O–H groups in total. The van der Waals surface area contributed by atoms with Crippen LogP contribution in [0.3, 0.4) is 0 Å². The third kappa shape index (κ3) is 12.3. The Balaban J connectivity index is 2.43. The molecule has 2 aromatic rings. The Morgan fingerprint density at radius 1 is 0.829 bits per heavy atom. The van der Waals surface area contributed by atoms with E-state index in [-0.39, 0.29) is 30.1 Å². The van der Waals surface area contributed by atoms with Gasteiger partial charge in [-0.15, -0.1) is 0 Å². The molecule has 2 rings (SSSR count). The molecule has 16 heteroatoms. The number of benzene rings is 2. The second kappa shape index (κ2) is 13.4. The summed E-state index contributed by atoms with van der Waals surface area (Å²) in [6.45, 7) is 0.0239. The number of halogens is 7. The predicted octanol–water partition coefficient (Wildman–Crippen LogP) is 8.54. The lowest BCUT2D eigenvalue weighted by Crippen LogP contribution is -2.17. The summed E-state index contributed by atoms with van der Waals surface area (Å²) >= 11 is 6.01. The Bertz CT molecular complexity index is 1220. The van der Waals surface area contributed by atoms with Gasteiger partial charge in [-0.3, -0.25) is 13.8 Å². The number of hydrogen-bond acceptors (Lipinski definition) is 5. The second-order valence-corrected chi connectivity index (χ2v) is 21.9. The van der Waals surface area contributed by atoms with Crippen LogP contribution in [0.1, 0.15) is 21.5 Å². The quantitative estimate of drug-likeness (QED) is 0.181. The molecule has 41 heavy (non-hydrogen) atoms. The zero-order chi connectivity index (χ0) is 31.4. The molecule has 1 amide bonds. The fourth-order valence-electron chi connectivity index (χ4n) is 2.99. The van der Waals surface area contributed by atoms with E-state index < -0.39 is 68.5 Å². The Morgan fingerprint density at radius 3 is 1.71 bits per heavy atom. The summed E-state index contributed by atoms with van der Waals surface area (Å²) < 4.78 is 110. The van der Waals surface area contributed by atoms with E-state index >= 15 is 0 Å². The summed E-state index contributed by atoms with van der Waals surface area (Å²) in [6.07, 6.45) is 1.89. The average Bonchev–Trinajstić information content (AvgIpc) is 2.77. The lowest BCUT2D eigenvalue weighted by molar-refractivity contribution is -0.143. The van der Waals surface area contributed by atoms with Crippen molar-refractivity contribution in [3.8, 4) is 5.75 Å². The molecule has 0 atom stereocenters. The lowest BCUT2D eigenvalue weighted by Gasteiger charge is -2.28. The molecule has 234 valence electrons. The van der Waals surface area contributed by atoms with E-state index in [1.807, 2.05) is 42.9 Å². The molecule has 0 saturated heterocycles. The monoisotopic (exact) mass is 671 g/mol. The average molecular weight is 672 g/mol. The molecule has 0 aliphatic heterocycles. The molecule has 2 aromatic carbocycles. The predicted molar refractivity (Wildman–Crippen MR) is 156 cm³/mol. The molecular formula is C25H33ClF6NO5PS2. The molecule has 0 heterocycles. The molecule has 6 nitrogen and oxygen atoms in total. The van der Waals surface area contributed by atoms with Crippen molar-refractivity contribution >= 4 is 51.1 Å². The first-order valence-corrected chi connectivity index (χ1v) is 19.7. The maximum atomic E-state index is 13.6. The number of alkyl halides is 6. The van der Waals surface area contributed by atoms with Gasteiger partial charge < -0.3 is 9.84 Å². The number of amides is 1. The van der Waals surface area contributed by atoms with Crippen molar-refractivity contribution in [1.29, 1.82) is 0 Å². The number of phosphoric ester groups is 1. The van der Waals surface area contributed by atoms with Gasteiger partial charge in [0.05, 0.1) is 29.9 Å². The molecule has 0 spiro atoms. The van der Waals surface area contributed by atoms with Crippen LogP contribution in [-0.4, -0.2) is 68.2 Å². The highest BCUT2D eigenvalue weighted by atomic mass is 35.5. The third-order valence-electron chi connectivity index (χ3n) is 5.13. The summed E-state index contributed by atoms with van der Waals surface area (Å²) in [5.41, 5.74) is -4.42. The number of carbonyl (C=O) groups excluding carboxylic acids is 1. The minimum atomic E-state index is -5.12. The van der Waals surface area contributed by atoms with Gasteiger partial charge in [0.15, 0.2) is 0 Å². The van der Waals surface area contributed by atoms with Gasteiger partial charge in [-0.1, -0.05) is 11.6 Å². The fraction of sp³-hybridized carbons (Fsp3) is 0.480. The number of nitrogens with one attached hydrogen (secondary N) is 1. The van der Waals surface area contributed by atoms with Gasteiger partial charge in [0.2, 0.25) is 0 Å². The summed E-state index contributed by atoms with van der Waals surface area (Å²) in [4.78, 5) is 13.1. The molecule has 0 bridgehead atoms. The zero-order valence-electron chi connectivity index (χ0n) is 23.2. The van der Waals surface area contributed by atoms with Gasteiger partial charge in [-0.25, -0.2) is 24.6 Å². The van der Waals surface area contributed by atoms with Gasteiger partial charge in [0.25, 0.3) is 5.91 Å². The Hall–Kier alpha value is -1.57. The molecule has 0 saturated carbocycles. The van der Waals surface area contributed by atoms with Gasteiger partial charge in [-0.05, 0) is 73.9 Å². The molecule has 0 unspecified atom stereocenters. The number of anilines is 1. The van der Waals surface area contributed by atoms with Crippen LogP contribution in [0, 0.1) is 0 Å². The molecule has 0 fully saturated rings. The largest absolute Gasteiger partial charge is 0.530 e. The van der Waals surface area contributed by atoms with E-state index in [1.54, 1.807) is 0 Å². The topological polar surface area (TPSA) is 73.9 Å². The number of hydrogen-bond donors (Lipinski definition) is 1. The van der Waals surface area contributed by atoms with E-state index in [0.717, 1.165) is 6.07 Å². The molecule has 0 aliphatic carbocycles. The van der Waals surface area contributed by atoms with Gasteiger partial charge in [0.1, 0.15) is 5.75 Å². The fourth-order valence-corrected chi connectivity index (χ4v) is 5.79. The number of rotatable bonds is 12. The third-order valence-corrected chi connectivity index (χ3v) is 9.57. The Kier molecular flexibility index (Phi) is 11.6. The van der Waals surface area contributed by atoms with Crippen LogP contribution in [0.15, 0.2) is 36.4 Å². The minimum Gasteiger partial charge on any atom is -0.403 e. The normalized spacial score (nSPS) is 14.1. The molecule has 0 radical (unpaired) electrons. The highest BCUT2D eigenvalue weighted by molar-refractivity contribution is 8.32. The van der Waals surface area contributed by atoms with Crippen LogP contribution >= 0.6 is 39.5 Å². The maximum Gasteiger partial charge on any atom is 0.530 e. The summed E-state index contributed by atoms with van der Waals surface area (Å²) in [7, 11) is -6.43. The van der Waals surface area contributed by atoms with Crippen molar-refractivity contribution in [2.75, 3.05) is 67.6 Å². The van der Waals surface area contributed by atoms with E-state index in [9.17, 15) is 35.7 Å². The van der Waals surface area contributed by atoms with Crippen molar-refractivity contribution in [2.24, 2.45) is 0 Å². The van der Waals surface area contributed by atoms with Gasteiger partial charge >= 0.3 is 20.2 Å². The Morgan fingerprint density at radius 2 is 1.29 bits per heavy atom. The first kappa shape index (κ1) is 35.6. The molecule has 0 aliphatic rings. The van der Waals surface area contributed by atoms with E-state index in [0.29, 0.717) is 23.6 Å². The second-order valence-electron chi connectivity index (χ2n) is 10.7. The van der Waals surface area contributed by atoms with Crippen molar-refractivity contribution < 1.29 is 49.3 Å². The van der Waals surface area contributed by atoms with Gasteiger partial charge in [0, 0.05) is 22.2 Å². The van der Waals surface area contributed by atoms with Gasteiger partial charge in [-0.2, -0.15) is 26.3 Å². The number of carbonyl (C=O) groups is 1. The lowest BCUT2D eigenvalue weighted by atomic mass is 10.1. The van der Waals surface area contributed by atoms with Crippen LogP contribution in [-0.2, 0) is 26.0 Å². The van der Waals surface area contributed by atoms with Crippen LogP contribution in [0.25, 0.3) is 0 Å². The van der Waals surface area contributed by atoms with Crippen molar-refractivity contribution in [3.05, 3.63) is 58.1 Å². The van der Waals surface area contributed by atoms with Crippen molar-refractivity contribution in [1.82, 2.24) is 0 Å². The van der Waals surface area contributed by atoms with E-state index in [1.165, 1.54) is 12.1 Å². The first-order valence-electron chi connectivity index (χ1n) is 11.8. The number of phosphoric acid groups is 1. The summed E-state index contributed by atoms with van der Waals surface area (Å²) in [5.74, 6) is -0.414. The maximum absolute atomic E-state index is 13.6. The van der Waals surface area contributed by atoms with Crippen molar-refractivity contribution in [2.45, 2.75) is 12.4 Å². The van der Waals surface area contributed by atoms with Crippen LogP contribution in [0.4, 0.5) is 32.0 Å². The van der Waals surface area contributed by atoms with E-state index in [4.69, 9.17) is 25.2 Å². The van der Waals surface area contributed by atoms with Crippen LogP contribution < -0.4 is 9.84 Å². The first-order chi connectivity index (χ1) is 18.5. The highest BCUT2D eigenvalue weighted by Crippen LogP contribution is 2.52. The molecule has 0 aromatic heterocycles. The highest BCUT2D eigenvalue weighted by Gasteiger charge is 2.37. The zero-order valence-corrected chi connectivity index (χ0v) is 26.5. The van der Waals surface area contributed by atoms with Crippen LogP contribution in [0.2, 0.25) is 5.02 Å².